The van der Waals surface area contributed by atoms with E-state index in [2.05, 4.69) is 4.90 Å². The number of hydrogen-bond donors (Lipinski definition) is 0. The van der Waals surface area contributed by atoms with Crippen molar-refractivity contribution in [3.05, 3.63) is 39.9 Å². The van der Waals surface area contributed by atoms with Gasteiger partial charge in [-0.2, -0.15) is 0 Å². The van der Waals surface area contributed by atoms with E-state index in [0.717, 1.165) is 38.2 Å². The third-order valence-electron chi connectivity index (χ3n) is 3.56. The van der Waals surface area contributed by atoms with Crippen LogP contribution < -0.4 is 0 Å². The van der Waals surface area contributed by atoms with Crippen LogP contribution in [0.25, 0.3) is 0 Å². The monoisotopic (exact) mass is 277 g/mol. The van der Waals surface area contributed by atoms with Crippen LogP contribution in [0.5, 0.6) is 0 Å². The van der Waals surface area contributed by atoms with E-state index in [-0.39, 0.29) is 16.5 Å². The van der Waals surface area contributed by atoms with Crippen LogP contribution in [0.2, 0.25) is 0 Å². The summed E-state index contributed by atoms with van der Waals surface area (Å²) in [6.07, 6.45) is 0.939. The van der Waals surface area contributed by atoms with Gasteiger partial charge in [0.2, 0.25) is 5.91 Å². The molecule has 1 amide bonds. The van der Waals surface area contributed by atoms with Crippen LogP contribution in [0.4, 0.5) is 5.69 Å². The lowest BCUT2D eigenvalue weighted by Gasteiger charge is -2.21. The number of nitro benzene ring substituents is 1. The number of non-ortho nitro benzene ring substituents is 1. The molecule has 0 radical (unpaired) electrons. The van der Waals surface area contributed by atoms with Crippen LogP contribution in [-0.2, 0) is 11.3 Å². The number of nitro groups is 1. The lowest BCUT2D eigenvalue weighted by atomic mass is 10.2. The summed E-state index contributed by atoms with van der Waals surface area (Å²) in [7, 11) is 0. The molecule has 0 N–H and O–H groups in total. The molecule has 1 heterocycles. The lowest BCUT2D eigenvalue weighted by Crippen LogP contribution is -2.33. The van der Waals surface area contributed by atoms with Gasteiger partial charge in [-0.25, -0.2) is 0 Å². The molecule has 0 spiro atoms. The topological polar surface area (TPSA) is 66.7 Å². The highest BCUT2D eigenvalue weighted by atomic mass is 16.6. The van der Waals surface area contributed by atoms with Crippen molar-refractivity contribution in [2.45, 2.75) is 19.9 Å². The summed E-state index contributed by atoms with van der Waals surface area (Å²) in [5, 5.41) is 10.8. The van der Waals surface area contributed by atoms with Crippen LogP contribution >= 0.6 is 0 Å². The maximum Gasteiger partial charge on any atom is 0.269 e. The third-order valence-corrected chi connectivity index (χ3v) is 3.56. The van der Waals surface area contributed by atoms with Gasteiger partial charge in [0, 0.05) is 51.8 Å². The Kier molecular flexibility index (Phi) is 4.68. The minimum Gasteiger partial charge on any atom is -0.342 e. The normalized spacial score (nSPS) is 16.8. The van der Waals surface area contributed by atoms with E-state index >= 15 is 0 Å². The number of rotatable bonds is 3. The van der Waals surface area contributed by atoms with Crippen LogP contribution in [0.3, 0.4) is 0 Å². The number of carbonyl (C=O) groups excluding carboxylic acids is 1. The zero-order valence-electron chi connectivity index (χ0n) is 11.6. The average molecular weight is 277 g/mol. The molecule has 20 heavy (non-hydrogen) atoms. The van der Waals surface area contributed by atoms with Crippen molar-refractivity contribution in [1.29, 1.82) is 0 Å². The maximum absolute atomic E-state index is 11.4. The maximum atomic E-state index is 11.4. The van der Waals surface area contributed by atoms with Crippen molar-refractivity contribution < 1.29 is 9.72 Å². The summed E-state index contributed by atoms with van der Waals surface area (Å²) < 4.78 is 0. The molecule has 0 aliphatic carbocycles. The predicted molar refractivity (Wildman–Crippen MR) is 75.2 cm³/mol. The second-order valence-corrected chi connectivity index (χ2v) is 5.06. The Labute approximate surface area is 118 Å². The summed E-state index contributed by atoms with van der Waals surface area (Å²) in [6.45, 7) is 5.52. The van der Waals surface area contributed by atoms with Gasteiger partial charge in [-0.05, 0) is 12.0 Å². The van der Waals surface area contributed by atoms with E-state index in [4.69, 9.17) is 0 Å². The van der Waals surface area contributed by atoms with Gasteiger partial charge in [0.05, 0.1) is 4.92 Å². The molecule has 1 fully saturated rings. The Bertz CT molecular complexity index is 504. The number of hydrogen-bond acceptors (Lipinski definition) is 4. The van der Waals surface area contributed by atoms with Gasteiger partial charge in [-0.3, -0.25) is 19.8 Å². The lowest BCUT2D eigenvalue weighted by molar-refractivity contribution is -0.384. The molecular weight excluding hydrogens is 258 g/mol. The van der Waals surface area contributed by atoms with E-state index in [9.17, 15) is 14.9 Å². The minimum atomic E-state index is -0.372. The minimum absolute atomic E-state index is 0.113. The average Bonchev–Trinajstić information content (AvgIpc) is 2.65. The molecule has 1 saturated heterocycles. The highest BCUT2D eigenvalue weighted by molar-refractivity contribution is 5.73. The Morgan fingerprint density at radius 1 is 1.30 bits per heavy atom. The van der Waals surface area contributed by atoms with Gasteiger partial charge in [0.15, 0.2) is 0 Å². The molecule has 1 aromatic carbocycles. The molecule has 108 valence electrons. The van der Waals surface area contributed by atoms with Crippen LogP contribution in [0.1, 0.15) is 18.9 Å². The third kappa shape index (κ3) is 3.77. The SMILES string of the molecule is CC(=O)N1CCCN(Cc2cccc([N+](=O)[O-])c2)CC1. The molecule has 2 rings (SSSR count). The molecule has 6 heteroatoms. The van der Waals surface area contributed by atoms with E-state index in [0.29, 0.717) is 6.54 Å². The van der Waals surface area contributed by atoms with Gasteiger partial charge in [0.25, 0.3) is 5.69 Å². The smallest absolute Gasteiger partial charge is 0.269 e. The van der Waals surface area contributed by atoms with E-state index in [1.165, 1.54) is 6.07 Å². The van der Waals surface area contributed by atoms with Crippen LogP contribution in [-0.4, -0.2) is 46.8 Å². The summed E-state index contributed by atoms with van der Waals surface area (Å²) in [6, 6.07) is 6.74. The van der Waals surface area contributed by atoms with Crippen molar-refractivity contribution in [3.8, 4) is 0 Å². The quantitative estimate of drug-likeness (QED) is 0.622. The van der Waals surface area contributed by atoms with Gasteiger partial charge < -0.3 is 4.90 Å². The van der Waals surface area contributed by atoms with Gasteiger partial charge >= 0.3 is 0 Å². The van der Waals surface area contributed by atoms with Gasteiger partial charge in [-0.15, -0.1) is 0 Å². The molecular formula is C14H19N3O3. The standard InChI is InChI=1S/C14H19N3O3/c1-12(18)16-7-3-6-15(8-9-16)11-13-4-2-5-14(10-13)17(19)20/h2,4-5,10H,3,6-9,11H2,1H3. The first-order valence-corrected chi connectivity index (χ1v) is 6.77. The van der Waals surface area contributed by atoms with Gasteiger partial charge in [0.1, 0.15) is 0 Å². The van der Waals surface area contributed by atoms with Crippen molar-refractivity contribution in [2.75, 3.05) is 26.2 Å². The highest BCUT2D eigenvalue weighted by Gasteiger charge is 2.17. The van der Waals surface area contributed by atoms with Gasteiger partial charge in [-0.1, -0.05) is 12.1 Å². The predicted octanol–water partition coefficient (Wildman–Crippen LogP) is 1.65. The number of carbonyl (C=O) groups is 1. The van der Waals surface area contributed by atoms with E-state index in [1.54, 1.807) is 19.1 Å². The first-order valence-electron chi connectivity index (χ1n) is 6.77. The molecule has 6 nitrogen and oxygen atoms in total. The fourth-order valence-electron chi connectivity index (χ4n) is 2.47. The molecule has 0 bridgehead atoms. The Balaban J connectivity index is 1.98. The molecule has 0 saturated carbocycles. The number of benzene rings is 1. The molecule has 1 aliphatic rings. The second kappa shape index (κ2) is 6.47. The highest BCUT2D eigenvalue weighted by Crippen LogP contribution is 2.15. The van der Waals surface area contributed by atoms with Crippen molar-refractivity contribution in [1.82, 2.24) is 9.80 Å². The largest absolute Gasteiger partial charge is 0.342 e. The number of amides is 1. The molecule has 1 aromatic rings. The van der Waals surface area contributed by atoms with E-state index < -0.39 is 0 Å². The van der Waals surface area contributed by atoms with Crippen molar-refractivity contribution in [2.24, 2.45) is 0 Å². The summed E-state index contributed by atoms with van der Waals surface area (Å²) in [5.41, 5.74) is 1.07. The second-order valence-electron chi connectivity index (χ2n) is 5.06. The summed E-state index contributed by atoms with van der Waals surface area (Å²) in [4.78, 5) is 25.9. The first-order chi connectivity index (χ1) is 9.56. The summed E-state index contributed by atoms with van der Waals surface area (Å²) in [5.74, 6) is 0.113. The van der Waals surface area contributed by atoms with E-state index in [1.807, 2.05) is 11.0 Å². The van der Waals surface area contributed by atoms with Crippen molar-refractivity contribution in [3.63, 3.8) is 0 Å². The molecule has 0 aromatic heterocycles. The summed E-state index contributed by atoms with van der Waals surface area (Å²) >= 11 is 0. The Hall–Kier alpha value is -1.95. The fourth-order valence-corrected chi connectivity index (χ4v) is 2.47. The number of nitrogens with zero attached hydrogens (tertiary/aromatic N) is 3. The fraction of sp³-hybridized carbons (Fsp3) is 0.500. The Morgan fingerprint density at radius 2 is 2.10 bits per heavy atom. The molecule has 0 atom stereocenters. The Morgan fingerprint density at radius 3 is 2.80 bits per heavy atom. The zero-order chi connectivity index (χ0) is 14.5. The van der Waals surface area contributed by atoms with Crippen molar-refractivity contribution >= 4 is 11.6 Å². The zero-order valence-corrected chi connectivity index (χ0v) is 11.6. The molecule has 0 unspecified atom stereocenters. The van der Waals surface area contributed by atoms with Crippen LogP contribution in [0.15, 0.2) is 24.3 Å². The van der Waals surface area contributed by atoms with Crippen LogP contribution in [0, 0.1) is 10.1 Å². The first kappa shape index (κ1) is 14.5. The molecule has 1 aliphatic heterocycles.